The molecule has 1 aromatic carbocycles. The molecule has 1 aliphatic heterocycles. The van der Waals surface area contributed by atoms with Gasteiger partial charge >= 0.3 is 0 Å². The molecule has 1 amide bonds. The van der Waals surface area contributed by atoms with Crippen molar-refractivity contribution < 1.29 is 14.3 Å². The maximum atomic E-state index is 12.6. The van der Waals surface area contributed by atoms with Gasteiger partial charge in [0.05, 0.1) is 18.8 Å². The predicted molar refractivity (Wildman–Crippen MR) is 113 cm³/mol. The molecule has 1 aromatic heterocycles. The third-order valence-electron chi connectivity index (χ3n) is 4.61. The maximum Gasteiger partial charge on any atom is 0.255 e. The van der Waals surface area contributed by atoms with Gasteiger partial charge in [0.2, 0.25) is 0 Å². The van der Waals surface area contributed by atoms with Crippen LogP contribution in [0, 0.1) is 0 Å². The summed E-state index contributed by atoms with van der Waals surface area (Å²) in [5.74, 6) is 1.26. The van der Waals surface area contributed by atoms with E-state index in [1.807, 2.05) is 38.1 Å². The van der Waals surface area contributed by atoms with Crippen molar-refractivity contribution in [3.05, 3.63) is 53.7 Å². The van der Waals surface area contributed by atoms with Crippen LogP contribution >= 0.6 is 0 Å². The summed E-state index contributed by atoms with van der Waals surface area (Å²) in [6, 6.07) is 11.6. The lowest BCUT2D eigenvalue weighted by Gasteiger charge is -2.26. The van der Waals surface area contributed by atoms with Crippen LogP contribution in [0.1, 0.15) is 29.8 Å². The van der Waals surface area contributed by atoms with E-state index < -0.39 is 0 Å². The molecule has 0 bridgehead atoms. The number of nitrogens with one attached hydrogen (secondary N) is 2. The molecule has 1 saturated heterocycles. The number of hydrogen-bond acceptors (Lipinski definition) is 6. The lowest BCUT2D eigenvalue weighted by molar-refractivity contribution is 0.0322. The summed E-state index contributed by atoms with van der Waals surface area (Å²) in [5.41, 5.74) is 1.53. The quantitative estimate of drug-likeness (QED) is 0.676. The van der Waals surface area contributed by atoms with Crippen LogP contribution in [0.5, 0.6) is 5.75 Å². The molecule has 2 heterocycles. The Hall–Kier alpha value is -2.64. The maximum absolute atomic E-state index is 12.6. The third kappa shape index (κ3) is 6.73. The summed E-state index contributed by atoms with van der Waals surface area (Å²) >= 11 is 0. The van der Waals surface area contributed by atoms with E-state index in [2.05, 4.69) is 20.5 Å². The highest BCUT2D eigenvalue weighted by Crippen LogP contribution is 2.15. The second kappa shape index (κ2) is 10.8. The zero-order valence-corrected chi connectivity index (χ0v) is 17.2. The Morgan fingerprint density at radius 1 is 1.24 bits per heavy atom. The van der Waals surface area contributed by atoms with Gasteiger partial charge in [0.25, 0.3) is 5.91 Å². The van der Waals surface area contributed by atoms with Gasteiger partial charge in [-0.25, -0.2) is 4.98 Å². The molecule has 0 unspecified atom stereocenters. The van der Waals surface area contributed by atoms with Crippen LogP contribution in [-0.2, 0) is 11.3 Å². The Kier molecular flexibility index (Phi) is 7.84. The Balaban J connectivity index is 1.50. The number of morpholine rings is 1. The highest BCUT2D eigenvalue weighted by Gasteiger charge is 2.13. The Labute approximate surface area is 172 Å². The first-order valence-corrected chi connectivity index (χ1v) is 10.1. The smallest absolute Gasteiger partial charge is 0.255 e. The number of pyridine rings is 1. The van der Waals surface area contributed by atoms with Crippen LogP contribution in [0.4, 0.5) is 5.82 Å². The van der Waals surface area contributed by atoms with Crippen molar-refractivity contribution >= 4 is 11.7 Å². The molecule has 0 radical (unpaired) electrons. The van der Waals surface area contributed by atoms with E-state index in [4.69, 9.17) is 9.47 Å². The van der Waals surface area contributed by atoms with E-state index in [1.54, 1.807) is 18.3 Å². The second-order valence-electron chi connectivity index (χ2n) is 7.33. The minimum atomic E-state index is -0.153. The van der Waals surface area contributed by atoms with Crippen LogP contribution in [0.2, 0.25) is 0 Å². The second-order valence-corrected chi connectivity index (χ2v) is 7.33. The molecule has 29 heavy (non-hydrogen) atoms. The van der Waals surface area contributed by atoms with Gasteiger partial charge in [-0.3, -0.25) is 9.69 Å². The van der Waals surface area contributed by atoms with Gasteiger partial charge in [-0.2, -0.15) is 0 Å². The number of ether oxygens (including phenoxy) is 2. The average molecular weight is 399 g/mol. The molecule has 2 N–H and O–H groups in total. The van der Waals surface area contributed by atoms with Crippen LogP contribution in [-0.4, -0.2) is 61.3 Å². The van der Waals surface area contributed by atoms with Gasteiger partial charge in [-0.1, -0.05) is 12.1 Å². The number of hydrogen-bond donors (Lipinski definition) is 2. The first-order chi connectivity index (χ1) is 14.1. The summed E-state index contributed by atoms with van der Waals surface area (Å²) in [4.78, 5) is 19.2. The van der Waals surface area contributed by atoms with Crippen LogP contribution in [0.25, 0.3) is 0 Å². The number of carbonyl (C=O) groups is 1. The molecule has 7 heteroatoms. The zero-order chi connectivity index (χ0) is 20.5. The number of carbonyl (C=O) groups excluding carboxylic acids is 1. The van der Waals surface area contributed by atoms with Crippen molar-refractivity contribution in [2.75, 3.05) is 44.8 Å². The molecule has 3 rings (SSSR count). The van der Waals surface area contributed by atoms with E-state index >= 15 is 0 Å². The molecule has 1 fully saturated rings. The topological polar surface area (TPSA) is 75.7 Å². The van der Waals surface area contributed by atoms with Crippen molar-refractivity contribution in [2.24, 2.45) is 0 Å². The van der Waals surface area contributed by atoms with Crippen molar-refractivity contribution in [3.8, 4) is 5.75 Å². The van der Waals surface area contributed by atoms with E-state index in [0.29, 0.717) is 24.5 Å². The fourth-order valence-electron chi connectivity index (χ4n) is 3.12. The van der Waals surface area contributed by atoms with Gasteiger partial charge in [0, 0.05) is 38.4 Å². The van der Waals surface area contributed by atoms with E-state index in [1.165, 1.54) is 0 Å². The van der Waals surface area contributed by atoms with Gasteiger partial charge in [-0.15, -0.1) is 0 Å². The summed E-state index contributed by atoms with van der Waals surface area (Å²) < 4.78 is 11.2. The number of anilines is 1. The van der Waals surface area contributed by atoms with Crippen LogP contribution in [0.15, 0.2) is 42.6 Å². The molecular formula is C22H30N4O3. The number of amides is 1. The molecule has 0 aliphatic carbocycles. The molecule has 7 nitrogen and oxygen atoms in total. The summed E-state index contributed by atoms with van der Waals surface area (Å²) in [7, 11) is 0. The zero-order valence-electron chi connectivity index (χ0n) is 17.2. The highest BCUT2D eigenvalue weighted by atomic mass is 16.5. The van der Waals surface area contributed by atoms with Gasteiger partial charge < -0.3 is 20.1 Å². The monoisotopic (exact) mass is 398 g/mol. The number of nitrogens with zero attached hydrogens (tertiary/aromatic N) is 2. The fourth-order valence-corrected chi connectivity index (χ4v) is 3.12. The van der Waals surface area contributed by atoms with Crippen molar-refractivity contribution in [1.82, 2.24) is 15.2 Å². The Bertz CT molecular complexity index is 791. The molecule has 2 aromatic rings. The summed E-state index contributed by atoms with van der Waals surface area (Å²) in [6.45, 7) is 9.47. The van der Waals surface area contributed by atoms with Crippen molar-refractivity contribution in [2.45, 2.75) is 26.4 Å². The normalized spacial score (nSPS) is 14.6. The lowest BCUT2D eigenvalue weighted by Crippen LogP contribution is -2.38. The van der Waals surface area contributed by atoms with Crippen molar-refractivity contribution in [1.29, 1.82) is 0 Å². The van der Waals surface area contributed by atoms with Crippen molar-refractivity contribution in [3.63, 3.8) is 0 Å². The summed E-state index contributed by atoms with van der Waals surface area (Å²) in [5, 5.41) is 6.18. The first kappa shape index (κ1) is 21.1. The molecule has 156 valence electrons. The molecule has 0 spiro atoms. The van der Waals surface area contributed by atoms with Crippen LogP contribution < -0.4 is 15.4 Å². The number of benzene rings is 1. The van der Waals surface area contributed by atoms with E-state index in [9.17, 15) is 4.79 Å². The summed E-state index contributed by atoms with van der Waals surface area (Å²) in [6.07, 6.45) is 1.68. The van der Waals surface area contributed by atoms with Gasteiger partial charge in [0.15, 0.2) is 0 Å². The fraction of sp³-hybridized carbons (Fsp3) is 0.455. The predicted octanol–water partition coefficient (Wildman–Crippen LogP) is 2.54. The largest absolute Gasteiger partial charge is 0.492 e. The molecule has 0 saturated carbocycles. The first-order valence-electron chi connectivity index (χ1n) is 10.1. The minimum absolute atomic E-state index is 0.153. The average Bonchev–Trinajstić information content (AvgIpc) is 2.73. The van der Waals surface area contributed by atoms with Gasteiger partial charge in [0.1, 0.15) is 18.2 Å². The van der Waals surface area contributed by atoms with E-state index in [0.717, 1.165) is 44.2 Å². The Morgan fingerprint density at radius 3 is 2.86 bits per heavy atom. The highest BCUT2D eigenvalue weighted by molar-refractivity contribution is 5.98. The molecule has 0 atom stereocenters. The Morgan fingerprint density at radius 2 is 2.07 bits per heavy atom. The lowest BCUT2D eigenvalue weighted by atomic mass is 10.2. The minimum Gasteiger partial charge on any atom is -0.492 e. The molecule has 1 aliphatic rings. The van der Waals surface area contributed by atoms with Crippen LogP contribution in [0.3, 0.4) is 0 Å². The number of aromatic nitrogens is 1. The standard InChI is InChI=1S/C22H30N4O3/c1-17(2)25-21-20(7-4-8-23-21)22(27)24-16-18-5-3-6-19(15-18)29-14-11-26-9-12-28-13-10-26/h3-8,15,17H,9-14,16H2,1-2H3,(H,23,25)(H,24,27). The van der Waals surface area contributed by atoms with Gasteiger partial charge in [-0.05, 0) is 43.7 Å². The molecular weight excluding hydrogens is 368 g/mol. The third-order valence-corrected chi connectivity index (χ3v) is 4.61. The SMILES string of the molecule is CC(C)Nc1ncccc1C(=O)NCc1cccc(OCCN2CCOCC2)c1. The van der Waals surface area contributed by atoms with E-state index in [-0.39, 0.29) is 11.9 Å². The number of rotatable bonds is 9.